The van der Waals surface area contributed by atoms with E-state index in [-0.39, 0.29) is 17.7 Å². The van der Waals surface area contributed by atoms with E-state index in [4.69, 9.17) is 0 Å². The van der Waals surface area contributed by atoms with Crippen LogP contribution in [0.5, 0.6) is 5.75 Å². The number of phenolic OH excluding ortho intramolecular Hbond substituents is 1. The molecule has 0 unspecified atom stereocenters. The fourth-order valence-corrected chi connectivity index (χ4v) is 2.12. The van der Waals surface area contributed by atoms with E-state index >= 15 is 0 Å². The van der Waals surface area contributed by atoms with Gasteiger partial charge in [0.25, 0.3) is 5.91 Å². The molecule has 0 spiro atoms. The Balaban J connectivity index is 2.05. The van der Waals surface area contributed by atoms with E-state index in [1.807, 2.05) is 6.92 Å². The minimum absolute atomic E-state index is 0.0514. The van der Waals surface area contributed by atoms with Crippen LogP contribution in [0.25, 0.3) is 0 Å². The molecule has 3 heteroatoms. The lowest BCUT2D eigenvalue weighted by Crippen LogP contribution is -2.43. The summed E-state index contributed by atoms with van der Waals surface area (Å²) in [7, 11) is 0. The van der Waals surface area contributed by atoms with Gasteiger partial charge in [-0.1, -0.05) is 18.6 Å². The first kappa shape index (κ1) is 11.0. The smallest absolute Gasteiger partial charge is 0.255 e. The van der Waals surface area contributed by atoms with Gasteiger partial charge in [-0.25, -0.2) is 0 Å². The van der Waals surface area contributed by atoms with Crippen molar-refractivity contribution in [3.8, 4) is 5.75 Å². The van der Waals surface area contributed by atoms with Crippen molar-refractivity contribution in [2.24, 2.45) is 5.92 Å². The number of amides is 1. The molecule has 3 nitrogen and oxygen atoms in total. The highest BCUT2D eigenvalue weighted by atomic mass is 16.3. The largest absolute Gasteiger partial charge is 0.507 e. The maximum Gasteiger partial charge on any atom is 0.255 e. The molecule has 16 heavy (non-hydrogen) atoms. The van der Waals surface area contributed by atoms with Gasteiger partial charge < -0.3 is 10.4 Å². The van der Waals surface area contributed by atoms with Gasteiger partial charge in [-0.15, -0.1) is 0 Å². The zero-order valence-corrected chi connectivity index (χ0v) is 9.66. The van der Waals surface area contributed by atoms with Crippen LogP contribution in [-0.2, 0) is 0 Å². The van der Waals surface area contributed by atoms with Crippen LogP contribution in [0.4, 0.5) is 0 Å². The number of hydrogen-bond donors (Lipinski definition) is 2. The molecule has 2 rings (SSSR count). The number of carbonyl (C=O) groups is 1. The van der Waals surface area contributed by atoms with Crippen molar-refractivity contribution in [2.75, 3.05) is 0 Å². The third kappa shape index (κ3) is 2.18. The van der Waals surface area contributed by atoms with Gasteiger partial charge in [-0.3, -0.25) is 4.79 Å². The lowest BCUT2D eigenvalue weighted by atomic mass is 9.82. The second-order valence-electron chi connectivity index (χ2n) is 4.77. The SMILES string of the molecule is Cc1ccc(O)c(C(=O)NC2CC(C)C2)c1. The Labute approximate surface area is 95.5 Å². The summed E-state index contributed by atoms with van der Waals surface area (Å²) in [5.74, 6) is 0.588. The van der Waals surface area contributed by atoms with Gasteiger partial charge >= 0.3 is 0 Å². The minimum Gasteiger partial charge on any atom is -0.507 e. The molecule has 86 valence electrons. The van der Waals surface area contributed by atoms with Crippen LogP contribution in [0.2, 0.25) is 0 Å². The molecule has 0 radical (unpaired) electrons. The molecule has 1 saturated carbocycles. The van der Waals surface area contributed by atoms with Gasteiger partial charge in [0.15, 0.2) is 0 Å². The molecular weight excluding hydrogens is 202 g/mol. The number of benzene rings is 1. The van der Waals surface area contributed by atoms with E-state index in [2.05, 4.69) is 12.2 Å². The molecule has 0 bridgehead atoms. The van der Waals surface area contributed by atoms with Crippen LogP contribution in [0.1, 0.15) is 35.7 Å². The van der Waals surface area contributed by atoms with Crippen molar-refractivity contribution < 1.29 is 9.90 Å². The average Bonchev–Trinajstić information content (AvgIpc) is 2.19. The fourth-order valence-electron chi connectivity index (χ4n) is 2.12. The highest BCUT2D eigenvalue weighted by Gasteiger charge is 2.27. The standard InChI is InChI=1S/C13H17NO2/c1-8-3-4-12(15)11(7-8)13(16)14-10-5-9(2)6-10/h3-4,7,9-10,15H,5-6H2,1-2H3,(H,14,16). The van der Waals surface area contributed by atoms with Crippen LogP contribution < -0.4 is 5.32 Å². The van der Waals surface area contributed by atoms with Crippen LogP contribution in [0.15, 0.2) is 18.2 Å². The molecule has 1 amide bonds. The number of aromatic hydroxyl groups is 1. The number of hydrogen-bond acceptors (Lipinski definition) is 2. The lowest BCUT2D eigenvalue weighted by Gasteiger charge is -2.33. The molecule has 0 heterocycles. The summed E-state index contributed by atoms with van der Waals surface area (Å²) >= 11 is 0. The molecule has 0 aromatic heterocycles. The fraction of sp³-hybridized carbons (Fsp3) is 0.462. The molecule has 1 aromatic rings. The molecule has 0 saturated heterocycles. The molecular formula is C13H17NO2. The Bertz CT molecular complexity index is 408. The zero-order chi connectivity index (χ0) is 11.7. The van der Waals surface area contributed by atoms with Gasteiger partial charge in [0, 0.05) is 6.04 Å². The van der Waals surface area contributed by atoms with E-state index in [1.165, 1.54) is 0 Å². The predicted octanol–water partition coefficient (Wildman–Crippen LogP) is 2.23. The first-order chi connectivity index (χ1) is 7.56. The monoisotopic (exact) mass is 219 g/mol. The maximum absolute atomic E-state index is 11.9. The van der Waals surface area contributed by atoms with Crippen molar-refractivity contribution in [3.05, 3.63) is 29.3 Å². The normalized spacial score (nSPS) is 23.6. The Hall–Kier alpha value is -1.51. The first-order valence-corrected chi connectivity index (χ1v) is 5.66. The topological polar surface area (TPSA) is 49.3 Å². The quantitative estimate of drug-likeness (QED) is 0.801. The molecule has 0 aliphatic heterocycles. The van der Waals surface area contributed by atoms with E-state index in [0.29, 0.717) is 11.5 Å². The van der Waals surface area contributed by atoms with Gasteiger partial charge in [0.05, 0.1) is 5.56 Å². The molecule has 2 N–H and O–H groups in total. The summed E-state index contributed by atoms with van der Waals surface area (Å²) in [6.45, 7) is 4.08. The summed E-state index contributed by atoms with van der Waals surface area (Å²) in [6.07, 6.45) is 2.08. The van der Waals surface area contributed by atoms with Crippen molar-refractivity contribution in [1.82, 2.24) is 5.32 Å². The van der Waals surface area contributed by atoms with Crippen LogP contribution in [-0.4, -0.2) is 17.1 Å². The highest BCUT2D eigenvalue weighted by molar-refractivity contribution is 5.97. The van der Waals surface area contributed by atoms with E-state index < -0.39 is 0 Å². The first-order valence-electron chi connectivity index (χ1n) is 5.66. The summed E-state index contributed by atoms with van der Waals surface area (Å²) in [6, 6.07) is 5.35. The van der Waals surface area contributed by atoms with Gasteiger partial charge in [0.2, 0.25) is 0 Å². The maximum atomic E-state index is 11.9. The molecule has 1 fully saturated rings. The minimum atomic E-state index is -0.168. The van der Waals surface area contributed by atoms with Gasteiger partial charge in [-0.2, -0.15) is 0 Å². The van der Waals surface area contributed by atoms with E-state index in [0.717, 1.165) is 18.4 Å². The van der Waals surface area contributed by atoms with Crippen LogP contribution in [0, 0.1) is 12.8 Å². The molecule has 1 aromatic carbocycles. The summed E-state index contributed by atoms with van der Waals surface area (Å²) < 4.78 is 0. The van der Waals surface area contributed by atoms with Crippen molar-refractivity contribution >= 4 is 5.91 Å². The highest BCUT2D eigenvalue weighted by Crippen LogP contribution is 2.27. The van der Waals surface area contributed by atoms with E-state index in [9.17, 15) is 9.90 Å². The number of aryl methyl sites for hydroxylation is 1. The van der Waals surface area contributed by atoms with Crippen LogP contribution in [0.3, 0.4) is 0 Å². The molecule has 0 atom stereocenters. The van der Waals surface area contributed by atoms with E-state index in [1.54, 1.807) is 18.2 Å². The lowest BCUT2D eigenvalue weighted by molar-refractivity contribution is 0.0893. The number of rotatable bonds is 2. The Kier molecular flexibility index (Phi) is 2.86. The van der Waals surface area contributed by atoms with Crippen molar-refractivity contribution in [1.29, 1.82) is 0 Å². The van der Waals surface area contributed by atoms with Gasteiger partial charge in [-0.05, 0) is 37.8 Å². The number of phenols is 1. The third-order valence-electron chi connectivity index (χ3n) is 3.11. The Morgan fingerprint density at radius 2 is 2.12 bits per heavy atom. The van der Waals surface area contributed by atoms with Crippen molar-refractivity contribution in [3.63, 3.8) is 0 Å². The van der Waals surface area contributed by atoms with Crippen LogP contribution >= 0.6 is 0 Å². The number of carbonyl (C=O) groups excluding carboxylic acids is 1. The summed E-state index contributed by atoms with van der Waals surface area (Å²) in [5.41, 5.74) is 1.35. The predicted molar refractivity (Wildman–Crippen MR) is 62.5 cm³/mol. The Morgan fingerprint density at radius 1 is 1.44 bits per heavy atom. The summed E-state index contributed by atoms with van der Waals surface area (Å²) in [4.78, 5) is 11.9. The number of nitrogens with one attached hydrogen (secondary N) is 1. The average molecular weight is 219 g/mol. The summed E-state index contributed by atoms with van der Waals surface area (Å²) in [5, 5.41) is 12.5. The van der Waals surface area contributed by atoms with Crippen molar-refractivity contribution in [2.45, 2.75) is 32.7 Å². The van der Waals surface area contributed by atoms with Gasteiger partial charge in [0.1, 0.15) is 5.75 Å². The third-order valence-corrected chi connectivity index (χ3v) is 3.11. The molecule has 1 aliphatic rings. The zero-order valence-electron chi connectivity index (χ0n) is 9.66. The Morgan fingerprint density at radius 3 is 2.75 bits per heavy atom. The second kappa shape index (κ2) is 4.16. The molecule has 1 aliphatic carbocycles. The second-order valence-corrected chi connectivity index (χ2v) is 4.77.